The van der Waals surface area contributed by atoms with Crippen molar-refractivity contribution in [2.45, 2.75) is 25.6 Å². The van der Waals surface area contributed by atoms with E-state index in [9.17, 15) is 13.2 Å². The fourth-order valence-corrected chi connectivity index (χ4v) is 2.81. The van der Waals surface area contributed by atoms with Crippen LogP contribution in [-0.2, 0) is 13.0 Å². The molecule has 2 rings (SSSR count). The fraction of sp³-hybridized carbons (Fsp3) is 0.308. The van der Waals surface area contributed by atoms with Gasteiger partial charge in [0, 0.05) is 19.4 Å². The molecule has 0 amide bonds. The number of nitrogens with zero attached hydrogens (tertiary/aromatic N) is 1. The highest BCUT2D eigenvalue weighted by molar-refractivity contribution is 7.15. The molecule has 2 aromatic rings. The molecular formula is C13H13F3N2S. The van der Waals surface area contributed by atoms with Crippen LogP contribution >= 0.6 is 11.3 Å². The predicted molar refractivity (Wildman–Crippen MR) is 69.8 cm³/mol. The van der Waals surface area contributed by atoms with Crippen LogP contribution in [0.25, 0.3) is 10.4 Å². The molecular weight excluding hydrogens is 273 g/mol. The van der Waals surface area contributed by atoms with Crippen molar-refractivity contribution < 1.29 is 13.2 Å². The first-order valence-electron chi connectivity index (χ1n) is 5.80. The Morgan fingerprint density at radius 1 is 1.16 bits per heavy atom. The molecule has 0 bridgehead atoms. The number of alkyl halides is 3. The molecule has 1 aromatic heterocycles. The molecule has 6 heteroatoms. The predicted octanol–water partition coefficient (Wildman–Crippen LogP) is 3.76. The van der Waals surface area contributed by atoms with Crippen LogP contribution in [-0.4, -0.2) is 11.2 Å². The number of rotatable bonds is 4. The average Bonchev–Trinajstić information content (AvgIpc) is 2.80. The minimum absolute atomic E-state index is 0.0893. The number of aromatic nitrogens is 1. The van der Waals surface area contributed by atoms with Crippen LogP contribution in [0.3, 0.4) is 0 Å². The molecule has 1 aromatic carbocycles. The highest BCUT2D eigenvalue weighted by Gasteiger charge is 2.27. The van der Waals surface area contributed by atoms with E-state index in [0.29, 0.717) is 10.7 Å². The van der Waals surface area contributed by atoms with Crippen LogP contribution in [0.5, 0.6) is 0 Å². The molecule has 0 saturated heterocycles. The molecule has 0 fully saturated rings. The third-order valence-corrected chi connectivity index (χ3v) is 3.80. The maximum Gasteiger partial charge on any atom is 0.389 e. The lowest BCUT2D eigenvalue weighted by molar-refractivity contribution is -0.134. The molecule has 0 saturated carbocycles. The third kappa shape index (κ3) is 3.78. The van der Waals surface area contributed by atoms with E-state index in [4.69, 9.17) is 5.73 Å². The van der Waals surface area contributed by atoms with E-state index in [-0.39, 0.29) is 13.0 Å². The minimum atomic E-state index is -4.15. The Morgan fingerprint density at radius 2 is 1.84 bits per heavy atom. The Hall–Kier alpha value is -1.40. The van der Waals surface area contributed by atoms with Crippen molar-refractivity contribution in [1.29, 1.82) is 0 Å². The monoisotopic (exact) mass is 286 g/mol. The quantitative estimate of drug-likeness (QED) is 0.929. The van der Waals surface area contributed by atoms with E-state index in [2.05, 4.69) is 4.98 Å². The Morgan fingerprint density at radius 3 is 2.42 bits per heavy atom. The lowest BCUT2D eigenvalue weighted by Gasteiger charge is -2.02. The third-order valence-electron chi connectivity index (χ3n) is 2.59. The Labute approximate surface area is 113 Å². The number of nitrogens with two attached hydrogens (primary N) is 1. The molecule has 19 heavy (non-hydrogen) atoms. The Bertz CT molecular complexity index is 535. The Balaban J connectivity index is 2.23. The molecule has 0 unspecified atom stereocenters. The van der Waals surface area contributed by atoms with Gasteiger partial charge in [-0.1, -0.05) is 30.3 Å². The summed E-state index contributed by atoms with van der Waals surface area (Å²) in [5.41, 5.74) is 7.21. The van der Waals surface area contributed by atoms with Crippen molar-refractivity contribution in [2.75, 3.05) is 0 Å². The summed E-state index contributed by atoms with van der Waals surface area (Å²) >= 11 is 1.29. The van der Waals surface area contributed by atoms with Crippen LogP contribution in [0, 0.1) is 0 Å². The zero-order chi connectivity index (χ0) is 13.9. The molecule has 0 radical (unpaired) electrons. The van der Waals surface area contributed by atoms with Crippen LogP contribution in [0.15, 0.2) is 30.3 Å². The largest absolute Gasteiger partial charge is 0.389 e. The van der Waals surface area contributed by atoms with Crippen LogP contribution in [0.2, 0.25) is 0 Å². The first-order valence-corrected chi connectivity index (χ1v) is 6.62. The van der Waals surface area contributed by atoms with Crippen molar-refractivity contribution >= 4 is 11.3 Å². The van der Waals surface area contributed by atoms with Crippen LogP contribution < -0.4 is 5.73 Å². The minimum Gasteiger partial charge on any atom is -0.325 e. The van der Waals surface area contributed by atoms with Gasteiger partial charge in [0.15, 0.2) is 0 Å². The van der Waals surface area contributed by atoms with Gasteiger partial charge >= 0.3 is 6.18 Å². The number of halogens is 3. The van der Waals surface area contributed by atoms with E-state index in [1.807, 2.05) is 30.3 Å². The topological polar surface area (TPSA) is 38.9 Å². The highest BCUT2D eigenvalue weighted by Crippen LogP contribution is 2.32. The number of hydrogen-bond acceptors (Lipinski definition) is 3. The first kappa shape index (κ1) is 14.0. The van der Waals surface area contributed by atoms with Gasteiger partial charge < -0.3 is 5.73 Å². The lowest BCUT2D eigenvalue weighted by atomic mass is 10.1. The summed E-state index contributed by atoms with van der Waals surface area (Å²) in [5, 5.41) is 0.483. The lowest BCUT2D eigenvalue weighted by Crippen LogP contribution is -2.08. The first-order chi connectivity index (χ1) is 8.99. The van der Waals surface area contributed by atoms with Gasteiger partial charge in [-0.05, 0) is 5.56 Å². The van der Waals surface area contributed by atoms with Crippen molar-refractivity contribution in [1.82, 2.24) is 4.98 Å². The summed E-state index contributed by atoms with van der Waals surface area (Å²) in [6.45, 7) is 0.229. The molecule has 0 aliphatic rings. The Kier molecular flexibility index (Phi) is 4.21. The second kappa shape index (κ2) is 5.71. The molecule has 0 spiro atoms. The summed E-state index contributed by atoms with van der Waals surface area (Å²) in [5.74, 6) is 0. The molecule has 2 nitrogen and oxygen atoms in total. The molecule has 102 valence electrons. The molecule has 0 aliphatic carbocycles. The van der Waals surface area contributed by atoms with Crippen molar-refractivity contribution in [2.24, 2.45) is 5.73 Å². The summed E-state index contributed by atoms with van der Waals surface area (Å²) in [7, 11) is 0. The second-order valence-corrected chi connectivity index (χ2v) is 5.15. The molecule has 1 heterocycles. The summed E-state index contributed by atoms with van der Waals surface area (Å²) in [4.78, 5) is 5.06. The number of benzene rings is 1. The van der Waals surface area contributed by atoms with Crippen molar-refractivity contribution in [3.63, 3.8) is 0 Å². The fourth-order valence-electron chi connectivity index (χ4n) is 1.71. The smallest absolute Gasteiger partial charge is 0.325 e. The summed E-state index contributed by atoms with van der Waals surface area (Å²) in [6, 6.07) is 9.45. The van der Waals surface area contributed by atoms with E-state index in [0.717, 1.165) is 10.4 Å². The van der Waals surface area contributed by atoms with Crippen molar-refractivity contribution in [3.05, 3.63) is 41.0 Å². The van der Waals surface area contributed by atoms with E-state index < -0.39 is 12.6 Å². The average molecular weight is 286 g/mol. The maximum absolute atomic E-state index is 12.2. The van der Waals surface area contributed by atoms with Gasteiger partial charge in [0.05, 0.1) is 15.6 Å². The number of hydrogen-bond donors (Lipinski definition) is 1. The SMILES string of the molecule is NCc1nc(CCC(F)(F)F)sc1-c1ccccc1. The van der Waals surface area contributed by atoms with Crippen LogP contribution in [0.1, 0.15) is 17.1 Å². The standard InChI is InChI=1S/C13H13F3N2S/c14-13(15,16)7-6-11-18-10(8-17)12(19-11)9-4-2-1-3-5-9/h1-5H,6-8,17H2. The van der Waals surface area contributed by atoms with Gasteiger partial charge in [-0.2, -0.15) is 13.2 Å². The molecule has 0 aliphatic heterocycles. The van der Waals surface area contributed by atoms with Gasteiger partial charge in [-0.15, -0.1) is 11.3 Å². The number of thiazole rings is 1. The van der Waals surface area contributed by atoms with E-state index in [1.54, 1.807) is 0 Å². The highest BCUT2D eigenvalue weighted by atomic mass is 32.1. The van der Waals surface area contributed by atoms with Crippen molar-refractivity contribution in [3.8, 4) is 10.4 Å². The summed E-state index contributed by atoms with van der Waals surface area (Å²) < 4.78 is 36.6. The second-order valence-electron chi connectivity index (χ2n) is 4.07. The summed E-state index contributed by atoms with van der Waals surface area (Å²) in [6.07, 6.45) is -5.09. The molecule has 0 atom stereocenters. The normalized spacial score (nSPS) is 11.8. The van der Waals surface area contributed by atoms with Gasteiger partial charge in [0.2, 0.25) is 0 Å². The van der Waals surface area contributed by atoms with E-state index in [1.165, 1.54) is 11.3 Å². The molecule has 2 N–H and O–H groups in total. The maximum atomic E-state index is 12.2. The van der Waals surface area contributed by atoms with Crippen LogP contribution in [0.4, 0.5) is 13.2 Å². The zero-order valence-electron chi connectivity index (χ0n) is 10.1. The zero-order valence-corrected chi connectivity index (χ0v) is 10.9. The van der Waals surface area contributed by atoms with Gasteiger partial charge in [-0.3, -0.25) is 0 Å². The van der Waals surface area contributed by atoms with Gasteiger partial charge in [0.1, 0.15) is 0 Å². The van der Waals surface area contributed by atoms with Gasteiger partial charge in [0.25, 0.3) is 0 Å². The van der Waals surface area contributed by atoms with Gasteiger partial charge in [-0.25, -0.2) is 4.98 Å². The van der Waals surface area contributed by atoms with E-state index >= 15 is 0 Å². The number of aryl methyl sites for hydroxylation is 1.